The molecule has 2 N–H and O–H groups in total. The van der Waals surface area contributed by atoms with Crippen molar-refractivity contribution in [3.63, 3.8) is 0 Å². The topological polar surface area (TPSA) is 123 Å². The number of halogens is 2. The van der Waals surface area contributed by atoms with Crippen molar-refractivity contribution in [3.05, 3.63) is 98.8 Å². The fourth-order valence-corrected chi connectivity index (χ4v) is 2.82. The van der Waals surface area contributed by atoms with Crippen LogP contribution in [0.15, 0.2) is 71.8 Å². The van der Waals surface area contributed by atoms with Crippen LogP contribution in [0, 0.1) is 15.9 Å². The molecule has 11 heteroatoms. The molecule has 0 radical (unpaired) electrons. The maximum Gasteiger partial charge on any atom is 0.271 e. The van der Waals surface area contributed by atoms with Gasteiger partial charge in [-0.25, -0.2) is 9.82 Å². The molecule has 168 valence electrons. The first-order valence-corrected chi connectivity index (χ1v) is 9.75. The highest BCUT2D eigenvalue weighted by Crippen LogP contribution is 2.25. The van der Waals surface area contributed by atoms with Gasteiger partial charge in [0.2, 0.25) is 0 Å². The number of benzene rings is 3. The van der Waals surface area contributed by atoms with E-state index in [2.05, 4.69) is 15.8 Å². The molecule has 0 spiro atoms. The fourth-order valence-electron chi connectivity index (χ4n) is 2.58. The summed E-state index contributed by atoms with van der Waals surface area (Å²) in [6.45, 7) is -0.316. The number of ether oxygens (including phenoxy) is 1. The first-order valence-electron chi connectivity index (χ1n) is 9.37. The van der Waals surface area contributed by atoms with Gasteiger partial charge in [-0.1, -0.05) is 17.7 Å². The zero-order valence-electron chi connectivity index (χ0n) is 16.8. The summed E-state index contributed by atoms with van der Waals surface area (Å²) in [4.78, 5) is 34.2. The normalized spacial score (nSPS) is 10.6. The molecule has 0 heterocycles. The molecule has 0 aliphatic heterocycles. The number of nitrogens with one attached hydrogen (secondary N) is 2. The van der Waals surface area contributed by atoms with Crippen LogP contribution >= 0.6 is 11.6 Å². The average molecular weight is 471 g/mol. The van der Waals surface area contributed by atoms with Crippen LogP contribution in [0.25, 0.3) is 0 Å². The van der Waals surface area contributed by atoms with Gasteiger partial charge < -0.3 is 10.1 Å². The molecule has 0 atom stereocenters. The third-order valence-electron chi connectivity index (χ3n) is 4.14. The molecule has 3 aromatic carbocycles. The Labute approximate surface area is 192 Å². The van der Waals surface area contributed by atoms with Gasteiger partial charge in [-0.3, -0.25) is 19.7 Å². The number of nitrogens with zero attached hydrogens (tertiary/aromatic N) is 2. The SMILES string of the molecule is O=C(COc1ccc(C=NNC(=O)c2cccc([N+](=O)[O-])c2)cc1Cl)Nc1ccc(F)cc1. The molecule has 3 aromatic rings. The lowest BCUT2D eigenvalue weighted by Crippen LogP contribution is -2.20. The zero-order chi connectivity index (χ0) is 23.8. The summed E-state index contributed by atoms with van der Waals surface area (Å²) in [5.41, 5.74) is 3.10. The Bertz CT molecular complexity index is 1220. The number of hydrogen-bond acceptors (Lipinski definition) is 6. The van der Waals surface area contributed by atoms with E-state index in [-0.39, 0.29) is 28.6 Å². The summed E-state index contributed by atoms with van der Waals surface area (Å²) in [5, 5.41) is 17.4. The highest BCUT2D eigenvalue weighted by atomic mass is 35.5. The lowest BCUT2D eigenvalue weighted by atomic mass is 10.2. The van der Waals surface area contributed by atoms with Crippen LogP contribution in [0.4, 0.5) is 15.8 Å². The van der Waals surface area contributed by atoms with Gasteiger partial charge >= 0.3 is 0 Å². The summed E-state index contributed by atoms with van der Waals surface area (Å²) in [5.74, 6) is -1.23. The van der Waals surface area contributed by atoms with Gasteiger partial charge in [0.15, 0.2) is 6.61 Å². The molecule has 0 fully saturated rings. The molecule has 3 rings (SSSR count). The van der Waals surface area contributed by atoms with Crippen molar-refractivity contribution < 1.29 is 23.6 Å². The van der Waals surface area contributed by atoms with Crippen molar-refractivity contribution in [1.82, 2.24) is 5.43 Å². The Morgan fingerprint density at radius 3 is 2.58 bits per heavy atom. The number of carbonyl (C=O) groups excluding carboxylic acids is 2. The van der Waals surface area contributed by atoms with Gasteiger partial charge in [0.1, 0.15) is 11.6 Å². The Hall–Kier alpha value is -4.31. The van der Waals surface area contributed by atoms with E-state index in [1.54, 1.807) is 6.07 Å². The van der Waals surface area contributed by atoms with E-state index in [1.807, 2.05) is 0 Å². The van der Waals surface area contributed by atoms with Crippen LogP contribution in [0.2, 0.25) is 5.02 Å². The van der Waals surface area contributed by atoms with Crippen LogP contribution in [0.5, 0.6) is 5.75 Å². The lowest BCUT2D eigenvalue weighted by Gasteiger charge is -2.09. The first kappa shape index (κ1) is 23.4. The molecule has 0 aliphatic carbocycles. The van der Waals surface area contributed by atoms with Gasteiger partial charge in [-0.15, -0.1) is 0 Å². The molecule has 0 bridgehead atoms. The summed E-state index contributed by atoms with van der Waals surface area (Å²) in [6, 6.07) is 15.2. The smallest absolute Gasteiger partial charge is 0.271 e. The summed E-state index contributed by atoms with van der Waals surface area (Å²) >= 11 is 6.16. The van der Waals surface area contributed by atoms with E-state index in [9.17, 15) is 24.1 Å². The van der Waals surface area contributed by atoms with Crippen molar-refractivity contribution in [2.24, 2.45) is 5.10 Å². The van der Waals surface area contributed by atoms with Crippen LogP contribution in [0.3, 0.4) is 0 Å². The Morgan fingerprint density at radius 2 is 1.88 bits per heavy atom. The number of nitro groups is 1. The molecule has 0 aromatic heterocycles. The molecule has 0 saturated carbocycles. The maximum absolute atomic E-state index is 12.9. The van der Waals surface area contributed by atoms with Crippen LogP contribution in [-0.4, -0.2) is 29.6 Å². The number of carbonyl (C=O) groups is 2. The second-order valence-electron chi connectivity index (χ2n) is 6.54. The standard InChI is InChI=1S/C22H16ClFN4O5/c23-19-10-14(12-25-27-22(30)15-2-1-3-18(11-15)28(31)32)4-9-20(19)33-13-21(29)26-17-7-5-16(24)6-8-17/h1-12H,13H2,(H,26,29)(H,27,30). The van der Waals surface area contributed by atoms with Crippen molar-refractivity contribution in [2.45, 2.75) is 0 Å². The number of rotatable bonds is 8. The van der Waals surface area contributed by atoms with Crippen LogP contribution < -0.4 is 15.5 Å². The number of nitro benzene ring substituents is 1. The van der Waals surface area contributed by atoms with Crippen molar-refractivity contribution >= 4 is 41.0 Å². The van der Waals surface area contributed by atoms with E-state index in [0.717, 1.165) is 6.07 Å². The van der Waals surface area contributed by atoms with Crippen LogP contribution in [-0.2, 0) is 4.79 Å². The number of amides is 2. The van der Waals surface area contributed by atoms with E-state index in [1.165, 1.54) is 60.8 Å². The molecular weight excluding hydrogens is 455 g/mol. The molecule has 0 saturated heterocycles. The second kappa shape index (κ2) is 10.8. The predicted molar refractivity (Wildman–Crippen MR) is 120 cm³/mol. The number of non-ortho nitro benzene ring substituents is 1. The summed E-state index contributed by atoms with van der Waals surface area (Å²) in [7, 11) is 0. The largest absolute Gasteiger partial charge is 0.482 e. The Kier molecular flexibility index (Phi) is 7.66. The molecule has 2 amide bonds. The second-order valence-corrected chi connectivity index (χ2v) is 6.95. The summed E-state index contributed by atoms with van der Waals surface area (Å²) < 4.78 is 18.3. The minimum atomic E-state index is -0.617. The summed E-state index contributed by atoms with van der Waals surface area (Å²) in [6.07, 6.45) is 1.33. The number of hydrazone groups is 1. The van der Waals surface area contributed by atoms with Crippen molar-refractivity contribution in [3.8, 4) is 5.75 Å². The van der Waals surface area contributed by atoms with Gasteiger partial charge in [-0.05, 0) is 54.1 Å². The molecule has 0 aliphatic rings. The molecule has 9 nitrogen and oxygen atoms in total. The first-order chi connectivity index (χ1) is 15.8. The lowest BCUT2D eigenvalue weighted by molar-refractivity contribution is -0.384. The third kappa shape index (κ3) is 6.84. The van der Waals surface area contributed by atoms with Gasteiger partial charge in [0, 0.05) is 23.4 Å². The molecule has 0 unspecified atom stereocenters. The number of anilines is 1. The van der Waals surface area contributed by atoms with Crippen molar-refractivity contribution in [2.75, 3.05) is 11.9 Å². The maximum atomic E-state index is 12.9. The highest BCUT2D eigenvalue weighted by Gasteiger charge is 2.11. The Morgan fingerprint density at radius 1 is 1.12 bits per heavy atom. The molecule has 33 heavy (non-hydrogen) atoms. The van der Waals surface area contributed by atoms with E-state index in [0.29, 0.717) is 11.3 Å². The predicted octanol–water partition coefficient (Wildman–Crippen LogP) is 4.17. The van der Waals surface area contributed by atoms with Crippen molar-refractivity contribution in [1.29, 1.82) is 0 Å². The highest BCUT2D eigenvalue weighted by molar-refractivity contribution is 6.32. The Balaban J connectivity index is 1.53. The minimum absolute atomic E-state index is 0.0852. The van der Waals surface area contributed by atoms with E-state index < -0.39 is 22.6 Å². The van der Waals surface area contributed by atoms with Crippen LogP contribution in [0.1, 0.15) is 15.9 Å². The van der Waals surface area contributed by atoms with Gasteiger partial charge in [0.05, 0.1) is 16.2 Å². The molecular formula is C22H16ClFN4O5. The van der Waals surface area contributed by atoms with Gasteiger partial charge in [0.25, 0.3) is 17.5 Å². The zero-order valence-corrected chi connectivity index (χ0v) is 17.6. The van der Waals surface area contributed by atoms with E-state index >= 15 is 0 Å². The average Bonchev–Trinajstić information content (AvgIpc) is 2.80. The van der Waals surface area contributed by atoms with Gasteiger partial charge in [-0.2, -0.15) is 5.10 Å². The fraction of sp³-hybridized carbons (Fsp3) is 0.0455. The third-order valence-corrected chi connectivity index (χ3v) is 4.44. The monoisotopic (exact) mass is 470 g/mol. The minimum Gasteiger partial charge on any atom is -0.482 e. The number of hydrogen-bond donors (Lipinski definition) is 2. The quantitative estimate of drug-likeness (QED) is 0.290. The van der Waals surface area contributed by atoms with E-state index in [4.69, 9.17) is 16.3 Å².